The van der Waals surface area contributed by atoms with Crippen LogP contribution in [-0.4, -0.2) is 77.5 Å². The van der Waals surface area contributed by atoms with E-state index in [0.717, 1.165) is 5.56 Å². The molecular formula is C22H28N2O6. The van der Waals surface area contributed by atoms with E-state index in [9.17, 15) is 20.1 Å². The van der Waals surface area contributed by atoms with E-state index < -0.39 is 40.1 Å². The van der Waals surface area contributed by atoms with Gasteiger partial charge in [-0.05, 0) is 43.9 Å². The standard InChI is InChI=1S/C22H28N2O6/c1-29-14-5-3-4-12-15(14)23-22(28)20(18(27)30-2)7-6-19(11-20)16(26)13(25)10-24-9-8-21(12,22)17(19)24/h3-5,13,16-17,23,25-26,28H,6-11H2,1-2H3/t13-,16+,17+,19-,20+,21-,22+/m1/s1. The fraction of sp³-hybridized carbons (Fsp3) is 0.682. The lowest BCUT2D eigenvalue weighted by Gasteiger charge is -2.63. The number of anilines is 1. The molecule has 4 fully saturated rings. The molecule has 1 aromatic carbocycles. The van der Waals surface area contributed by atoms with E-state index >= 15 is 0 Å². The van der Waals surface area contributed by atoms with E-state index in [2.05, 4.69) is 10.2 Å². The first kappa shape index (κ1) is 18.9. The third kappa shape index (κ3) is 1.65. The van der Waals surface area contributed by atoms with Crippen molar-refractivity contribution in [2.75, 3.05) is 32.6 Å². The van der Waals surface area contributed by atoms with Crippen molar-refractivity contribution in [1.82, 2.24) is 4.90 Å². The number of benzene rings is 1. The second kappa shape index (κ2) is 5.48. The van der Waals surface area contributed by atoms with Gasteiger partial charge in [0.1, 0.15) is 11.2 Å². The Morgan fingerprint density at radius 3 is 2.77 bits per heavy atom. The summed E-state index contributed by atoms with van der Waals surface area (Å²) in [5.74, 6) is 0.147. The SMILES string of the molecule is COC(=O)[C@]12CC[C@@]3(C1)[C@@H](O)[C@H](O)CN1CC[C@@]4(c5cccc(OC)c5N[C@]24O)[C@@H]13. The number of nitrogens with one attached hydrogen (secondary N) is 1. The summed E-state index contributed by atoms with van der Waals surface area (Å²) in [5.41, 5.74) is -2.69. The van der Waals surface area contributed by atoms with Gasteiger partial charge in [0.15, 0.2) is 5.72 Å². The number of aliphatic hydroxyl groups is 3. The van der Waals surface area contributed by atoms with Crippen LogP contribution in [0, 0.1) is 10.8 Å². The van der Waals surface area contributed by atoms with Crippen molar-refractivity contribution < 1.29 is 29.6 Å². The highest BCUT2D eigenvalue weighted by atomic mass is 16.5. The first-order valence-electron chi connectivity index (χ1n) is 10.7. The highest BCUT2D eigenvalue weighted by Gasteiger charge is 2.85. The maximum absolute atomic E-state index is 13.3. The van der Waals surface area contributed by atoms with Crippen LogP contribution in [0.5, 0.6) is 5.75 Å². The second-order valence-electron chi connectivity index (χ2n) is 9.83. The number of methoxy groups -OCH3 is 2. The Morgan fingerprint density at radius 2 is 2.03 bits per heavy atom. The van der Waals surface area contributed by atoms with Gasteiger partial charge in [0.2, 0.25) is 0 Å². The summed E-state index contributed by atoms with van der Waals surface area (Å²) in [5, 5.41) is 37.8. The van der Waals surface area contributed by atoms with Crippen molar-refractivity contribution >= 4 is 11.7 Å². The second-order valence-corrected chi connectivity index (χ2v) is 9.83. The van der Waals surface area contributed by atoms with Crippen LogP contribution in [0.1, 0.15) is 31.2 Å². The topological polar surface area (TPSA) is 111 Å². The molecule has 30 heavy (non-hydrogen) atoms. The van der Waals surface area contributed by atoms with Crippen LogP contribution in [0.25, 0.3) is 0 Å². The van der Waals surface area contributed by atoms with Crippen LogP contribution in [0.2, 0.25) is 0 Å². The number of carbonyl (C=O) groups excluding carboxylic acids is 1. The Kier molecular flexibility index (Phi) is 3.45. The number of carbonyl (C=O) groups is 1. The molecule has 3 aliphatic heterocycles. The summed E-state index contributed by atoms with van der Waals surface area (Å²) < 4.78 is 10.8. The molecule has 2 saturated carbocycles. The first-order chi connectivity index (χ1) is 14.3. The molecule has 0 unspecified atom stereocenters. The molecule has 3 heterocycles. The molecular weight excluding hydrogens is 388 g/mol. The van der Waals surface area contributed by atoms with E-state index in [1.165, 1.54) is 7.11 Å². The molecule has 2 aliphatic carbocycles. The van der Waals surface area contributed by atoms with Crippen LogP contribution in [0.4, 0.5) is 5.69 Å². The van der Waals surface area contributed by atoms with Gasteiger partial charge in [0, 0.05) is 18.0 Å². The molecule has 1 aromatic rings. The molecule has 2 saturated heterocycles. The monoisotopic (exact) mass is 416 g/mol. The van der Waals surface area contributed by atoms with Gasteiger partial charge in [0.25, 0.3) is 0 Å². The Labute approximate surface area is 174 Å². The molecule has 0 radical (unpaired) electrons. The fourth-order valence-electron chi connectivity index (χ4n) is 8.23. The van der Waals surface area contributed by atoms with Crippen LogP contribution < -0.4 is 10.1 Å². The molecule has 4 N–H and O–H groups in total. The zero-order valence-corrected chi connectivity index (χ0v) is 17.2. The minimum Gasteiger partial charge on any atom is -0.495 e. The number of rotatable bonds is 2. The van der Waals surface area contributed by atoms with Crippen LogP contribution >= 0.6 is 0 Å². The highest BCUT2D eigenvalue weighted by Crippen LogP contribution is 2.76. The number of hydrogen-bond acceptors (Lipinski definition) is 8. The van der Waals surface area contributed by atoms with Gasteiger partial charge in [-0.1, -0.05) is 12.1 Å². The third-order valence-corrected chi connectivity index (χ3v) is 9.14. The number of piperidine rings is 1. The summed E-state index contributed by atoms with van der Waals surface area (Å²) >= 11 is 0. The van der Waals surface area contributed by atoms with Crippen molar-refractivity contribution in [2.45, 2.75) is 55.1 Å². The van der Waals surface area contributed by atoms with Gasteiger partial charge < -0.3 is 30.1 Å². The first-order valence-corrected chi connectivity index (χ1v) is 10.7. The minimum absolute atomic E-state index is 0.200. The van der Waals surface area contributed by atoms with Crippen molar-refractivity contribution in [3.05, 3.63) is 23.8 Å². The molecule has 2 bridgehead atoms. The molecule has 162 valence electrons. The summed E-state index contributed by atoms with van der Waals surface area (Å²) in [4.78, 5) is 15.5. The molecule has 6 rings (SSSR count). The Morgan fingerprint density at radius 1 is 1.23 bits per heavy atom. The highest BCUT2D eigenvalue weighted by molar-refractivity contribution is 5.85. The predicted octanol–water partition coefficient (Wildman–Crippen LogP) is 0.200. The van der Waals surface area contributed by atoms with Crippen molar-refractivity contribution in [1.29, 1.82) is 0 Å². The van der Waals surface area contributed by atoms with Crippen LogP contribution in [-0.2, 0) is 14.9 Å². The quantitative estimate of drug-likeness (QED) is 0.506. The maximum Gasteiger partial charge on any atom is 0.316 e. The Bertz CT molecular complexity index is 956. The molecule has 0 aromatic heterocycles. The van der Waals surface area contributed by atoms with Crippen LogP contribution in [0.15, 0.2) is 18.2 Å². The summed E-state index contributed by atoms with van der Waals surface area (Å²) in [6.07, 6.45) is -0.0220. The maximum atomic E-state index is 13.3. The normalized spacial score (nSPS) is 47.8. The van der Waals surface area contributed by atoms with Gasteiger partial charge in [-0.2, -0.15) is 0 Å². The van der Waals surface area contributed by atoms with Gasteiger partial charge in [-0.3, -0.25) is 9.69 Å². The fourth-order valence-corrected chi connectivity index (χ4v) is 8.23. The average molecular weight is 416 g/mol. The zero-order valence-electron chi connectivity index (χ0n) is 17.2. The summed E-state index contributed by atoms with van der Waals surface area (Å²) in [7, 11) is 2.94. The van der Waals surface area contributed by atoms with Gasteiger partial charge >= 0.3 is 5.97 Å². The molecule has 8 nitrogen and oxygen atoms in total. The number of nitrogens with zero attached hydrogens (tertiary/aromatic N) is 1. The van der Waals surface area contributed by atoms with Gasteiger partial charge in [0.05, 0.1) is 37.5 Å². The molecule has 2 spiro atoms. The Balaban J connectivity index is 1.69. The lowest BCUT2D eigenvalue weighted by Crippen LogP contribution is -2.78. The number of esters is 1. The van der Waals surface area contributed by atoms with E-state index in [1.54, 1.807) is 7.11 Å². The van der Waals surface area contributed by atoms with E-state index in [0.29, 0.717) is 43.8 Å². The molecule has 5 aliphatic rings. The number of ether oxygens (including phenoxy) is 2. The average Bonchev–Trinajstić information content (AvgIpc) is 3.39. The van der Waals surface area contributed by atoms with Crippen molar-refractivity contribution in [3.63, 3.8) is 0 Å². The van der Waals surface area contributed by atoms with E-state index in [-0.39, 0.29) is 12.5 Å². The lowest BCUT2D eigenvalue weighted by molar-refractivity contribution is -0.227. The largest absolute Gasteiger partial charge is 0.495 e. The van der Waals surface area contributed by atoms with Crippen LogP contribution in [0.3, 0.4) is 0 Å². The van der Waals surface area contributed by atoms with Gasteiger partial charge in [-0.25, -0.2) is 0 Å². The van der Waals surface area contributed by atoms with Crippen molar-refractivity contribution in [3.8, 4) is 5.75 Å². The van der Waals surface area contributed by atoms with Gasteiger partial charge in [-0.15, -0.1) is 0 Å². The molecule has 8 heteroatoms. The number of hydrogen-bond donors (Lipinski definition) is 4. The smallest absolute Gasteiger partial charge is 0.316 e. The predicted molar refractivity (Wildman–Crippen MR) is 106 cm³/mol. The molecule has 7 atom stereocenters. The summed E-state index contributed by atoms with van der Waals surface area (Å²) in [6, 6.07) is 5.54. The number of aliphatic hydroxyl groups excluding tert-OH is 2. The minimum atomic E-state index is -1.58. The Hall–Kier alpha value is -1.87. The molecule has 0 amide bonds. The number of fused-ring (bicyclic) bond motifs is 3. The number of para-hydroxylation sites is 1. The van der Waals surface area contributed by atoms with Crippen molar-refractivity contribution in [2.24, 2.45) is 10.8 Å². The van der Waals surface area contributed by atoms with E-state index in [4.69, 9.17) is 9.47 Å². The summed E-state index contributed by atoms with van der Waals surface area (Å²) in [6.45, 7) is 1.03. The third-order valence-electron chi connectivity index (χ3n) is 9.14. The lowest BCUT2D eigenvalue weighted by atomic mass is 9.47. The van der Waals surface area contributed by atoms with E-state index in [1.807, 2.05) is 18.2 Å². The zero-order chi connectivity index (χ0) is 21.1.